The standard InChI is InChI=1S/C32H28ClN3O8/c1-7-12-43-17-10-8-16(9-11-17)21-22-18(34-29-24(21)30(39)36(4)31(40)35(29)3)13-15(2)32(27(22)37)28(38)23-19(41-5)14-20(42-6)25(33)26(23)44-32/h1,8-11,14-15,21,34H,12-13H2,2-6H3/t15-,21+,32+/m1/s1. The van der Waals surface area contributed by atoms with Crippen molar-refractivity contribution in [2.75, 3.05) is 26.1 Å². The van der Waals surface area contributed by atoms with Gasteiger partial charge in [0.05, 0.1) is 19.8 Å². The first-order valence-electron chi connectivity index (χ1n) is 13.7. The zero-order valence-corrected chi connectivity index (χ0v) is 25.3. The molecule has 2 aromatic carbocycles. The molecule has 3 aromatic rings. The molecule has 11 nitrogen and oxygen atoms in total. The number of halogens is 1. The van der Waals surface area contributed by atoms with E-state index in [2.05, 4.69) is 11.2 Å². The summed E-state index contributed by atoms with van der Waals surface area (Å²) in [5.74, 6) is 0.645. The number of nitrogens with one attached hydrogen (secondary N) is 1. The SMILES string of the molecule is C#CCOc1ccc([C@H]2C3=C(C[C@@H](C)[C@]4(Oc5c(Cl)c(OC)cc(OC)c5C4=O)C3=O)Nc3c2c(=O)n(C)c(=O)n3C)cc1. The first-order valence-corrected chi connectivity index (χ1v) is 14.1. The van der Waals surface area contributed by atoms with Crippen molar-refractivity contribution in [3.05, 3.63) is 84.2 Å². The van der Waals surface area contributed by atoms with Gasteiger partial charge in [0, 0.05) is 43.3 Å². The van der Waals surface area contributed by atoms with Crippen molar-refractivity contribution >= 4 is 29.0 Å². The normalized spacial score (nSPS) is 21.6. The van der Waals surface area contributed by atoms with E-state index in [-0.39, 0.29) is 57.8 Å². The van der Waals surface area contributed by atoms with Crippen LogP contribution in [0.2, 0.25) is 5.02 Å². The third-order valence-corrected chi connectivity index (χ3v) is 8.97. The highest BCUT2D eigenvalue weighted by molar-refractivity contribution is 6.36. The number of aromatic nitrogens is 2. The number of hydrogen-bond acceptors (Lipinski definition) is 9. The molecule has 12 heteroatoms. The molecule has 0 fully saturated rings. The van der Waals surface area contributed by atoms with Gasteiger partial charge in [-0.1, -0.05) is 36.6 Å². The van der Waals surface area contributed by atoms with Gasteiger partial charge < -0.3 is 24.3 Å². The summed E-state index contributed by atoms with van der Waals surface area (Å²) in [5.41, 5.74) is -1.70. The summed E-state index contributed by atoms with van der Waals surface area (Å²) in [6.45, 7) is 1.79. The molecule has 0 saturated heterocycles. The fourth-order valence-corrected chi connectivity index (χ4v) is 6.67. The number of carbonyl (C=O) groups excluding carboxylic acids is 2. The first kappa shape index (κ1) is 29.1. The number of rotatable bonds is 5. The fraction of sp³-hybridized carbons (Fsp3) is 0.312. The van der Waals surface area contributed by atoms with E-state index in [1.807, 2.05) is 0 Å². The van der Waals surface area contributed by atoms with Crippen LogP contribution in [0.25, 0.3) is 0 Å². The molecule has 1 aromatic heterocycles. The van der Waals surface area contributed by atoms with Crippen LogP contribution >= 0.6 is 11.6 Å². The van der Waals surface area contributed by atoms with Gasteiger partial charge in [-0.3, -0.25) is 23.5 Å². The number of terminal acetylenes is 1. The minimum Gasteiger partial charge on any atom is -0.496 e. The summed E-state index contributed by atoms with van der Waals surface area (Å²) in [6.07, 6.45) is 5.50. The van der Waals surface area contributed by atoms with Gasteiger partial charge in [0.15, 0.2) is 5.75 Å². The van der Waals surface area contributed by atoms with Gasteiger partial charge in [0.1, 0.15) is 40.3 Å². The molecule has 44 heavy (non-hydrogen) atoms. The van der Waals surface area contributed by atoms with Gasteiger partial charge >= 0.3 is 5.69 Å². The molecule has 3 aliphatic rings. The predicted molar refractivity (Wildman–Crippen MR) is 161 cm³/mol. The number of carbonyl (C=O) groups is 2. The highest BCUT2D eigenvalue weighted by Gasteiger charge is 2.63. The summed E-state index contributed by atoms with van der Waals surface area (Å²) in [4.78, 5) is 55.9. The van der Waals surface area contributed by atoms with Crippen molar-refractivity contribution in [2.45, 2.75) is 24.9 Å². The molecular formula is C32H28ClN3O8. The number of allylic oxidation sites excluding steroid dienone is 1. The highest BCUT2D eigenvalue weighted by atomic mass is 35.5. The lowest BCUT2D eigenvalue weighted by Gasteiger charge is -2.42. The second kappa shape index (κ2) is 10.3. The largest absolute Gasteiger partial charge is 0.496 e. The lowest BCUT2D eigenvalue weighted by Crippen LogP contribution is -2.58. The van der Waals surface area contributed by atoms with Crippen LogP contribution in [-0.4, -0.2) is 47.1 Å². The number of Topliss-reactive ketones (excluding diaryl/α,β-unsaturated/α-hetero) is 2. The van der Waals surface area contributed by atoms with Gasteiger partial charge in [-0.2, -0.15) is 0 Å². The number of ketones is 2. The Hall–Kier alpha value is -4.95. The molecule has 0 radical (unpaired) electrons. The Bertz CT molecular complexity index is 1970. The summed E-state index contributed by atoms with van der Waals surface area (Å²) >= 11 is 6.60. The average Bonchev–Trinajstić information content (AvgIpc) is 3.34. The van der Waals surface area contributed by atoms with Gasteiger partial charge in [0.25, 0.3) is 5.56 Å². The van der Waals surface area contributed by atoms with Gasteiger partial charge in [-0.25, -0.2) is 4.79 Å². The molecule has 1 N–H and O–H groups in total. The Kier molecular flexibility index (Phi) is 6.85. The zero-order valence-electron chi connectivity index (χ0n) is 24.6. The predicted octanol–water partition coefficient (Wildman–Crippen LogP) is 3.20. The van der Waals surface area contributed by atoms with Crippen LogP contribution in [0.1, 0.15) is 40.7 Å². The molecule has 6 rings (SSSR count). The van der Waals surface area contributed by atoms with Crippen molar-refractivity contribution < 1.29 is 28.5 Å². The van der Waals surface area contributed by atoms with Crippen LogP contribution in [0.5, 0.6) is 23.0 Å². The minimum atomic E-state index is -2.00. The van der Waals surface area contributed by atoms with Crippen molar-refractivity contribution in [1.29, 1.82) is 0 Å². The number of ether oxygens (including phenoxy) is 4. The van der Waals surface area contributed by atoms with E-state index in [1.54, 1.807) is 38.2 Å². The quantitative estimate of drug-likeness (QED) is 0.339. The summed E-state index contributed by atoms with van der Waals surface area (Å²) in [7, 11) is 5.72. The van der Waals surface area contributed by atoms with E-state index in [1.165, 1.54) is 31.9 Å². The van der Waals surface area contributed by atoms with Crippen LogP contribution in [0, 0.1) is 18.3 Å². The summed E-state index contributed by atoms with van der Waals surface area (Å²) in [6, 6.07) is 8.26. The maximum atomic E-state index is 14.9. The van der Waals surface area contributed by atoms with E-state index >= 15 is 0 Å². The molecule has 0 bridgehead atoms. The van der Waals surface area contributed by atoms with Crippen molar-refractivity contribution in [2.24, 2.45) is 20.0 Å². The maximum Gasteiger partial charge on any atom is 0.332 e. The fourth-order valence-electron chi connectivity index (χ4n) is 6.40. The van der Waals surface area contributed by atoms with Crippen molar-refractivity contribution in [3.8, 4) is 35.3 Å². The third kappa shape index (κ3) is 3.84. The van der Waals surface area contributed by atoms with Crippen LogP contribution in [-0.2, 0) is 18.9 Å². The Labute approximate surface area is 256 Å². The molecule has 0 saturated carbocycles. The molecule has 1 spiro atoms. The van der Waals surface area contributed by atoms with Crippen molar-refractivity contribution in [1.82, 2.24) is 9.13 Å². The van der Waals surface area contributed by atoms with E-state index in [0.29, 0.717) is 17.0 Å². The summed E-state index contributed by atoms with van der Waals surface area (Å²) in [5, 5.41) is 3.23. The van der Waals surface area contributed by atoms with Crippen LogP contribution in [0.3, 0.4) is 0 Å². The molecule has 1 aliphatic carbocycles. The smallest absolute Gasteiger partial charge is 0.332 e. The molecule has 0 unspecified atom stereocenters. The van der Waals surface area contributed by atoms with Crippen LogP contribution < -0.4 is 35.5 Å². The Morgan fingerprint density at radius 2 is 1.75 bits per heavy atom. The number of hydrogen-bond donors (Lipinski definition) is 1. The van der Waals surface area contributed by atoms with Crippen LogP contribution in [0.15, 0.2) is 51.2 Å². The highest BCUT2D eigenvalue weighted by Crippen LogP contribution is 2.56. The minimum absolute atomic E-state index is 0.00818. The molecular weight excluding hydrogens is 590 g/mol. The van der Waals surface area contributed by atoms with Crippen LogP contribution in [0.4, 0.5) is 5.82 Å². The lowest BCUT2D eigenvalue weighted by atomic mass is 9.66. The molecule has 2 aliphatic heterocycles. The number of anilines is 1. The second-order valence-electron chi connectivity index (χ2n) is 10.9. The zero-order chi connectivity index (χ0) is 31.7. The maximum absolute atomic E-state index is 14.9. The number of fused-ring (bicyclic) bond motifs is 2. The number of methoxy groups -OCH3 is 2. The molecule has 3 heterocycles. The van der Waals surface area contributed by atoms with E-state index in [4.69, 9.17) is 37.0 Å². The van der Waals surface area contributed by atoms with Crippen molar-refractivity contribution in [3.63, 3.8) is 0 Å². The second-order valence-corrected chi connectivity index (χ2v) is 11.3. The van der Waals surface area contributed by atoms with E-state index in [9.17, 15) is 19.2 Å². The molecule has 0 amide bonds. The Balaban J connectivity index is 1.58. The topological polar surface area (TPSA) is 127 Å². The number of benzene rings is 2. The first-order chi connectivity index (χ1) is 21.0. The Morgan fingerprint density at radius 3 is 2.39 bits per heavy atom. The molecule has 3 atom stereocenters. The molecule has 226 valence electrons. The Morgan fingerprint density at radius 1 is 1.07 bits per heavy atom. The monoisotopic (exact) mass is 617 g/mol. The lowest BCUT2D eigenvalue weighted by molar-refractivity contribution is -0.130. The van der Waals surface area contributed by atoms with Gasteiger partial charge in [-0.15, -0.1) is 6.42 Å². The summed E-state index contributed by atoms with van der Waals surface area (Å²) < 4.78 is 25.0. The average molecular weight is 618 g/mol. The van der Waals surface area contributed by atoms with Gasteiger partial charge in [-0.05, 0) is 24.1 Å². The third-order valence-electron chi connectivity index (χ3n) is 8.61. The van der Waals surface area contributed by atoms with Gasteiger partial charge in [0.2, 0.25) is 17.2 Å². The van der Waals surface area contributed by atoms with E-state index < -0.39 is 40.3 Å². The number of nitrogens with zero attached hydrogens (tertiary/aromatic N) is 2. The van der Waals surface area contributed by atoms with E-state index in [0.717, 1.165) is 4.57 Å².